The first-order valence-corrected chi connectivity index (χ1v) is 9.84. The number of halogens is 5. The molecule has 1 N–H and O–H groups in total. The second kappa shape index (κ2) is 8.02. The number of rotatable bonds is 5. The molecular formula is C20H23F5N4. The summed E-state index contributed by atoms with van der Waals surface area (Å²) in [6.07, 6.45) is -2.52. The molecule has 1 aromatic heterocycles. The number of nitrogens with one attached hydrogen (secondary N) is 1. The highest BCUT2D eigenvalue weighted by molar-refractivity contribution is 5.60. The maximum absolute atomic E-state index is 14.6. The number of imidazole rings is 1. The van der Waals surface area contributed by atoms with E-state index in [1.54, 1.807) is 6.20 Å². The number of piperidine rings is 1. The van der Waals surface area contributed by atoms with E-state index in [0.29, 0.717) is 31.0 Å². The van der Waals surface area contributed by atoms with Gasteiger partial charge in [0.05, 0.1) is 17.2 Å². The molecule has 0 amide bonds. The number of hydrogen-bond acceptors (Lipinski definition) is 3. The molecule has 1 aromatic carbocycles. The zero-order valence-corrected chi connectivity index (χ0v) is 15.9. The number of alkyl halides is 4. The standard InChI is InChI=1S/C20H23F5N4/c21-16-3-2-13(10-15(16)20(23,24)25)18-12-29(9-8-28-6-1-7-28)19(27-18)14-4-5-26-11-17(14)22/h2-3,10,12,14,17,26H,1,4-9,11H2/t14-,17+/m0/s1. The predicted octanol–water partition coefficient (Wildman–Crippen LogP) is 3.83. The second-order valence-electron chi connectivity index (χ2n) is 7.68. The van der Waals surface area contributed by atoms with Gasteiger partial charge in [0, 0.05) is 31.4 Å². The van der Waals surface area contributed by atoms with Gasteiger partial charge in [-0.2, -0.15) is 13.2 Å². The highest BCUT2D eigenvalue weighted by Gasteiger charge is 2.35. The van der Waals surface area contributed by atoms with Crippen LogP contribution in [0.3, 0.4) is 0 Å². The molecule has 0 radical (unpaired) electrons. The first-order valence-electron chi connectivity index (χ1n) is 9.84. The van der Waals surface area contributed by atoms with E-state index in [2.05, 4.69) is 15.2 Å². The number of aromatic nitrogens is 2. The molecule has 29 heavy (non-hydrogen) atoms. The summed E-state index contributed by atoms with van der Waals surface area (Å²) >= 11 is 0. The van der Waals surface area contributed by atoms with Crippen molar-refractivity contribution in [1.29, 1.82) is 0 Å². The second-order valence-corrected chi connectivity index (χ2v) is 7.68. The van der Waals surface area contributed by atoms with Crippen molar-refractivity contribution in [2.24, 2.45) is 0 Å². The van der Waals surface area contributed by atoms with Crippen molar-refractivity contribution in [3.63, 3.8) is 0 Å². The van der Waals surface area contributed by atoms with E-state index in [0.717, 1.165) is 38.2 Å². The minimum atomic E-state index is -4.79. The summed E-state index contributed by atoms with van der Waals surface area (Å²) in [5, 5.41) is 3.00. The average Bonchev–Trinajstić information content (AvgIpc) is 3.04. The molecule has 2 aliphatic rings. The maximum Gasteiger partial charge on any atom is 0.419 e. The van der Waals surface area contributed by atoms with Gasteiger partial charge in [-0.25, -0.2) is 13.8 Å². The van der Waals surface area contributed by atoms with E-state index in [-0.39, 0.29) is 12.1 Å². The van der Waals surface area contributed by atoms with Crippen LogP contribution < -0.4 is 5.32 Å². The summed E-state index contributed by atoms with van der Waals surface area (Å²) < 4.78 is 69.4. The molecule has 4 rings (SSSR count). The number of benzene rings is 1. The van der Waals surface area contributed by atoms with Crippen molar-refractivity contribution in [3.8, 4) is 11.3 Å². The summed E-state index contributed by atoms with van der Waals surface area (Å²) in [4.78, 5) is 6.78. The van der Waals surface area contributed by atoms with Gasteiger partial charge in [-0.15, -0.1) is 0 Å². The Kier molecular flexibility index (Phi) is 5.61. The topological polar surface area (TPSA) is 33.1 Å². The molecular weight excluding hydrogens is 391 g/mol. The van der Waals surface area contributed by atoms with Gasteiger partial charge >= 0.3 is 6.18 Å². The van der Waals surface area contributed by atoms with Crippen LogP contribution in [0.25, 0.3) is 11.3 Å². The van der Waals surface area contributed by atoms with Crippen LogP contribution in [0.15, 0.2) is 24.4 Å². The van der Waals surface area contributed by atoms with Gasteiger partial charge in [0.2, 0.25) is 0 Å². The van der Waals surface area contributed by atoms with E-state index < -0.39 is 29.6 Å². The van der Waals surface area contributed by atoms with Gasteiger partial charge in [-0.1, -0.05) is 0 Å². The van der Waals surface area contributed by atoms with Gasteiger partial charge in [-0.05, 0) is 50.7 Å². The van der Waals surface area contributed by atoms with Crippen LogP contribution in [0.1, 0.15) is 30.1 Å². The normalized spacial score (nSPS) is 23.2. The van der Waals surface area contributed by atoms with Crippen molar-refractivity contribution in [3.05, 3.63) is 41.6 Å². The van der Waals surface area contributed by atoms with Gasteiger partial charge in [0.15, 0.2) is 0 Å². The lowest BCUT2D eigenvalue weighted by atomic mass is 9.95. The van der Waals surface area contributed by atoms with Crippen LogP contribution in [0.2, 0.25) is 0 Å². The van der Waals surface area contributed by atoms with Crippen molar-refractivity contribution in [2.45, 2.75) is 37.7 Å². The minimum Gasteiger partial charge on any atom is -0.333 e. The largest absolute Gasteiger partial charge is 0.419 e. The third-order valence-electron chi connectivity index (χ3n) is 5.72. The van der Waals surface area contributed by atoms with Crippen LogP contribution in [0, 0.1) is 5.82 Å². The fraction of sp³-hybridized carbons (Fsp3) is 0.550. The highest BCUT2D eigenvalue weighted by atomic mass is 19.4. The minimum absolute atomic E-state index is 0.173. The summed E-state index contributed by atoms with van der Waals surface area (Å²) in [5.74, 6) is -1.18. The molecule has 9 heteroatoms. The Hall–Kier alpha value is -2.00. The number of hydrogen-bond donors (Lipinski definition) is 1. The van der Waals surface area contributed by atoms with Crippen LogP contribution in [-0.2, 0) is 12.7 Å². The molecule has 2 aromatic rings. The van der Waals surface area contributed by atoms with Gasteiger partial charge in [0.25, 0.3) is 0 Å². The first-order chi connectivity index (χ1) is 13.8. The molecule has 2 saturated heterocycles. The van der Waals surface area contributed by atoms with Gasteiger partial charge < -0.3 is 14.8 Å². The maximum atomic E-state index is 14.6. The van der Waals surface area contributed by atoms with Crippen LogP contribution in [0.5, 0.6) is 0 Å². The Labute approximate surface area is 165 Å². The fourth-order valence-electron chi connectivity index (χ4n) is 3.91. The molecule has 4 nitrogen and oxygen atoms in total. The molecule has 3 heterocycles. The van der Waals surface area contributed by atoms with Crippen molar-refractivity contribution in [2.75, 3.05) is 32.7 Å². The quantitative estimate of drug-likeness (QED) is 0.755. The number of likely N-dealkylation sites (tertiary alicyclic amines) is 1. The van der Waals surface area contributed by atoms with Gasteiger partial charge in [0.1, 0.15) is 17.8 Å². The molecule has 0 bridgehead atoms. The molecule has 2 aliphatic heterocycles. The van der Waals surface area contributed by atoms with Crippen LogP contribution in [0.4, 0.5) is 22.0 Å². The zero-order valence-electron chi connectivity index (χ0n) is 15.9. The summed E-state index contributed by atoms with van der Waals surface area (Å²) in [6, 6.07) is 2.86. The molecule has 158 valence electrons. The highest BCUT2D eigenvalue weighted by Crippen LogP contribution is 2.35. The third-order valence-corrected chi connectivity index (χ3v) is 5.72. The Morgan fingerprint density at radius 2 is 1.97 bits per heavy atom. The third kappa shape index (κ3) is 4.30. The lowest BCUT2D eigenvalue weighted by molar-refractivity contribution is -0.139. The van der Waals surface area contributed by atoms with Crippen LogP contribution in [-0.4, -0.2) is 53.3 Å². The Morgan fingerprint density at radius 1 is 1.17 bits per heavy atom. The van der Waals surface area contributed by atoms with E-state index in [1.165, 1.54) is 6.07 Å². The van der Waals surface area contributed by atoms with E-state index in [1.807, 2.05) is 4.57 Å². The van der Waals surface area contributed by atoms with Crippen molar-refractivity contribution in [1.82, 2.24) is 19.8 Å². The molecule has 0 spiro atoms. The smallest absolute Gasteiger partial charge is 0.333 e. The van der Waals surface area contributed by atoms with E-state index >= 15 is 0 Å². The summed E-state index contributed by atoms with van der Waals surface area (Å²) in [7, 11) is 0. The average molecular weight is 414 g/mol. The first kappa shape index (κ1) is 20.3. The molecule has 0 saturated carbocycles. The molecule has 2 atom stereocenters. The van der Waals surface area contributed by atoms with Crippen LogP contribution >= 0.6 is 0 Å². The molecule has 0 aliphatic carbocycles. The predicted molar refractivity (Wildman–Crippen MR) is 98.8 cm³/mol. The molecule has 2 fully saturated rings. The zero-order chi connectivity index (χ0) is 20.6. The van der Waals surface area contributed by atoms with Crippen molar-refractivity contribution < 1.29 is 22.0 Å². The number of nitrogens with zero attached hydrogens (tertiary/aromatic N) is 3. The lowest BCUT2D eigenvalue weighted by Crippen LogP contribution is -2.40. The van der Waals surface area contributed by atoms with Gasteiger partial charge in [-0.3, -0.25) is 0 Å². The van der Waals surface area contributed by atoms with E-state index in [9.17, 15) is 22.0 Å². The Morgan fingerprint density at radius 3 is 2.62 bits per heavy atom. The SMILES string of the molecule is Fc1ccc(-c2cn(CCN3CCC3)c([C@H]3CCNC[C@H]3F)n2)cc1C(F)(F)F. The summed E-state index contributed by atoms with van der Waals surface area (Å²) in [5.41, 5.74) is -0.844. The Balaban J connectivity index is 1.68. The van der Waals surface area contributed by atoms with E-state index in [4.69, 9.17) is 0 Å². The fourth-order valence-corrected chi connectivity index (χ4v) is 3.91. The molecule has 0 unspecified atom stereocenters. The Bertz CT molecular complexity index is 859. The van der Waals surface area contributed by atoms with Crippen molar-refractivity contribution >= 4 is 0 Å². The monoisotopic (exact) mass is 414 g/mol. The summed E-state index contributed by atoms with van der Waals surface area (Å²) in [6.45, 7) is 4.29. The lowest BCUT2D eigenvalue weighted by Gasteiger charge is -2.31.